The zero-order valence-corrected chi connectivity index (χ0v) is 14.5. The van der Waals surface area contributed by atoms with Crippen LogP contribution in [-0.4, -0.2) is 25.6 Å². The van der Waals surface area contributed by atoms with E-state index in [0.29, 0.717) is 11.8 Å². The van der Waals surface area contributed by atoms with E-state index >= 15 is 0 Å². The fraction of sp³-hybridized carbons (Fsp3) is 0.353. The average Bonchev–Trinajstić information content (AvgIpc) is 2.59. The molecule has 0 saturated heterocycles. The molecule has 130 valence electrons. The summed E-state index contributed by atoms with van der Waals surface area (Å²) >= 11 is 0. The Labute approximate surface area is 141 Å². The van der Waals surface area contributed by atoms with Crippen LogP contribution < -0.4 is 10.2 Å². The molecule has 0 bridgehead atoms. The van der Waals surface area contributed by atoms with E-state index in [1.54, 1.807) is 29.7 Å². The third kappa shape index (κ3) is 4.11. The third-order valence-electron chi connectivity index (χ3n) is 4.21. The van der Waals surface area contributed by atoms with Crippen LogP contribution in [0.3, 0.4) is 0 Å². The summed E-state index contributed by atoms with van der Waals surface area (Å²) < 4.78 is 28.3. The number of carbonyl (C=O) groups excluding carboxylic acids is 1. The van der Waals surface area contributed by atoms with E-state index in [0.717, 1.165) is 5.39 Å². The lowest BCUT2D eigenvalue weighted by atomic mass is 9.97. The van der Waals surface area contributed by atoms with E-state index in [4.69, 9.17) is 5.21 Å². The van der Waals surface area contributed by atoms with Crippen LogP contribution in [0.5, 0.6) is 0 Å². The number of rotatable bonds is 7. The summed E-state index contributed by atoms with van der Waals surface area (Å²) in [6.07, 6.45) is 0.566. The third-order valence-corrected chi connectivity index (χ3v) is 5.75. The predicted molar refractivity (Wildman–Crippen MR) is 92.1 cm³/mol. The lowest BCUT2D eigenvalue weighted by molar-refractivity contribution is -0.129. The number of hydrogen-bond acceptors (Lipinski definition) is 4. The first-order chi connectivity index (χ1) is 11.4. The molecule has 3 N–H and O–H groups in total. The molecule has 0 aliphatic heterocycles. The summed E-state index contributed by atoms with van der Waals surface area (Å²) in [5, 5.41) is 10.2. The van der Waals surface area contributed by atoms with Crippen LogP contribution in [0.25, 0.3) is 10.8 Å². The van der Waals surface area contributed by atoms with Crippen molar-refractivity contribution in [2.45, 2.75) is 37.6 Å². The Bertz CT molecular complexity index is 815. The van der Waals surface area contributed by atoms with E-state index in [1.807, 2.05) is 32.0 Å². The Kier molecular flexibility index (Phi) is 5.93. The van der Waals surface area contributed by atoms with Gasteiger partial charge in [-0.2, -0.15) is 0 Å². The van der Waals surface area contributed by atoms with Crippen LogP contribution >= 0.6 is 0 Å². The van der Waals surface area contributed by atoms with Gasteiger partial charge in [0.1, 0.15) is 0 Å². The van der Waals surface area contributed by atoms with Crippen molar-refractivity contribution >= 4 is 26.7 Å². The Balaban J connectivity index is 2.38. The highest BCUT2D eigenvalue weighted by Crippen LogP contribution is 2.24. The molecule has 24 heavy (non-hydrogen) atoms. The summed E-state index contributed by atoms with van der Waals surface area (Å²) in [7, 11) is -3.81. The Hall–Kier alpha value is -1.96. The predicted octanol–water partition coefficient (Wildman–Crippen LogP) is 2.43. The second-order valence-corrected chi connectivity index (χ2v) is 7.51. The summed E-state index contributed by atoms with van der Waals surface area (Å²) in [6.45, 7) is 3.78. The van der Waals surface area contributed by atoms with Crippen molar-refractivity contribution < 1.29 is 18.4 Å². The summed E-state index contributed by atoms with van der Waals surface area (Å²) in [5.41, 5.74) is 1.56. The minimum absolute atomic E-state index is 0.0629. The van der Waals surface area contributed by atoms with E-state index in [1.165, 1.54) is 0 Å². The number of nitrogens with one attached hydrogen (secondary N) is 2. The molecular formula is C17H22N2O4S. The molecule has 0 radical (unpaired) electrons. The topological polar surface area (TPSA) is 95.5 Å². The Morgan fingerprint density at radius 2 is 1.83 bits per heavy atom. The van der Waals surface area contributed by atoms with Gasteiger partial charge in [-0.3, -0.25) is 10.0 Å². The zero-order valence-electron chi connectivity index (χ0n) is 13.7. The molecule has 0 heterocycles. The minimum atomic E-state index is -3.81. The number of fused-ring (bicyclic) bond motifs is 1. The molecule has 2 aromatic rings. The van der Waals surface area contributed by atoms with Gasteiger partial charge in [0.15, 0.2) is 0 Å². The van der Waals surface area contributed by atoms with Crippen molar-refractivity contribution in [1.29, 1.82) is 0 Å². The molecule has 0 saturated carbocycles. The Morgan fingerprint density at radius 3 is 2.50 bits per heavy atom. The maximum Gasteiger partial charge on any atom is 0.244 e. The molecule has 6 nitrogen and oxygen atoms in total. The highest BCUT2D eigenvalue weighted by atomic mass is 32.2. The molecule has 0 aliphatic carbocycles. The molecule has 0 unspecified atom stereocenters. The van der Waals surface area contributed by atoms with Gasteiger partial charge < -0.3 is 0 Å². The van der Waals surface area contributed by atoms with E-state index in [9.17, 15) is 13.2 Å². The first kappa shape index (κ1) is 18.4. The second-order valence-electron chi connectivity index (χ2n) is 5.83. The molecule has 2 atom stereocenters. The van der Waals surface area contributed by atoms with Gasteiger partial charge in [0, 0.05) is 17.8 Å². The van der Waals surface area contributed by atoms with Crippen LogP contribution in [0.4, 0.5) is 0 Å². The first-order valence-corrected chi connectivity index (χ1v) is 9.30. The minimum Gasteiger partial charge on any atom is -0.289 e. The van der Waals surface area contributed by atoms with Gasteiger partial charge in [-0.25, -0.2) is 18.6 Å². The monoisotopic (exact) mass is 350 g/mol. The normalized spacial score (nSPS) is 14.3. The lowest BCUT2D eigenvalue weighted by Gasteiger charge is -2.23. The van der Waals surface area contributed by atoms with Crippen molar-refractivity contribution in [3.63, 3.8) is 0 Å². The van der Waals surface area contributed by atoms with E-state index < -0.39 is 22.0 Å². The van der Waals surface area contributed by atoms with Crippen molar-refractivity contribution in [2.24, 2.45) is 5.92 Å². The number of sulfonamides is 1. The first-order valence-electron chi connectivity index (χ1n) is 7.82. The SMILES string of the molecule is CC[C@H](C)[C@@H](CC(=O)NO)NS(=O)(=O)c1cccc2ccccc12. The van der Waals surface area contributed by atoms with Gasteiger partial charge in [0.05, 0.1) is 4.90 Å². The molecular weight excluding hydrogens is 328 g/mol. The maximum atomic E-state index is 12.8. The van der Waals surface area contributed by atoms with Gasteiger partial charge in [-0.05, 0) is 17.4 Å². The van der Waals surface area contributed by atoms with Gasteiger partial charge in [0.2, 0.25) is 15.9 Å². The number of carbonyl (C=O) groups is 1. The van der Waals surface area contributed by atoms with Gasteiger partial charge in [-0.1, -0.05) is 56.7 Å². The number of amides is 1. The molecule has 0 aromatic heterocycles. The van der Waals surface area contributed by atoms with E-state index in [-0.39, 0.29) is 17.2 Å². The van der Waals surface area contributed by atoms with Crippen LogP contribution in [-0.2, 0) is 14.8 Å². The summed E-state index contributed by atoms with van der Waals surface area (Å²) in [5.74, 6) is -0.687. The number of benzene rings is 2. The fourth-order valence-electron chi connectivity index (χ4n) is 2.58. The van der Waals surface area contributed by atoms with Crippen LogP contribution in [0.1, 0.15) is 26.7 Å². The maximum absolute atomic E-state index is 12.8. The second kappa shape index (κ2) is 7.74. The molecule has 2 rings (SSSR count). The fourth-order valence-corrected chi connectivity index (χ4v) is 4.16. The Morgan fingerprint density at radius 1 is 1.17 bits per heavy atom. The summed E-state index contributed by atoms with van der Waals surface area (Å²) in [4.78, 5) is 11.7. The smallest absolute Gasteiger partial charge is 0.244 e. The molecule has 2 aromatic carbocycles. The molecule has 1 amide bonds. The van der Waals surface area contributed by atoms with E-state index in [2.05, 4.69) is 4.72 Å². The molecule has 7 heteroatoms. The lowest BCUT2D eigenvalue weighted by Crippen LogP contribution is -2.42. The highest BCUT2D eigenvalue weighted by Gasteiger charge is 2.26. The van der Waals surface area contributed by atoms with Crippen molar-refractivity contribution in [1.82, 2.24) is 10.2 Å². The molecule has 0 aliphatic rings. The standard InChI is InChI=1S/C17H22N2O4S/c1-3-12(2)15(11-17(20)18-21)19-24(22,23)16-10-6-8-13-7-4-5-9-14(13)16/h4-10,12,15,19,21H,3,11H2,1-2H3,(H,18,20)/t12-,15+/m0/s1. The molecule has 0 fully saturated rings. The van der Waals surface area contributed by atoms with Crippen molar-refractivity contribution in [2.75, 3.05) is 0 Å². The van der Waals surface area contributed by atoms with Crippen LogP contribution in [0, 0.1) is 5.92 Å². The van der Waals surface area contributed by atoms with Crippen molar-refractivity contribution in [3.05, 3.63) is 42.5 Å². The average molecular weight is 350 g/mol. The zero-order chi connectivity index (χ0) is 17.7. The van der Waals surface area contributed by atoms with Crippen LogP contribution in [0.15, 0.2) is 47.4 Å². The largest absolute Gasteiger partial charge is 0.289 e. The summed E-state index contributed by atoms with van der Waals surface area (Å²) in [6, 6.07) is 11.7. The molecule has 0 spiro atoms. The van der Waals surface area contributed by atoms with Gasteiger partial charge >= 0.3 is 0 Å². The van der Waals surface area contributed by atoms with Gasteiger partial charge in [-0.15, -0.1) is 0 Å². The number of hydroxylamine groups is 1. The van der Waals surface area contributed by atoms with Crippen LogP contribution in [0.2, 0.25) is 0 Å². The quantitative estimate of drug-likeness (QED) is 0.528. The highest BCUT2D eigenvalue weighted by molar-refractivity contribution is 7.89. The number of hydrogen-bond donors (Lipinski definition) is 3. The van der Waals surface area contributed by atoms with Crippen molar-refractivity contribution in [3.8, 4) is 0 Å². The van der Waals surface area contributed by atoms with Gasteiger partial charge in [0.25, 0.3) is 0 Å².